The van der Waals surface area contributed by atoms with Crippen molar-refractivity contribution in [2.45, 2.75) is 44.3 Å². The van der Waals surface area contributed by atoms with Gasteiger partial charge >= 0.3 is 12.1 Å². The van der Waals surface area contributed by atoms with Crippen LogP contribution >= 0.6 is 0 Å². The van der Waals surface area contributed by atoms with E-state index in [2.05, 4.69) is 4.90 Å². The molecular weight excluding hydrogens is 405 g/mol. The average molecular weight is 430 g/mol. The number of hydrogen-bond acceptors (Lipinski definition) is 3. The lowest BCUT2D eigenvalue weighted by Gasteiger charge is -2.49. The van der Waals surface area contributed by atoms with Crippen molar-refractivity contribution in [1.29, 1.82) is 5.26 Å². The molecule has 0 radical (unpaired) electrons. The second-order valence-electron chi connectivity index (χ2n) is 8.10. The molecule has 0 amide bonds. The molecule has 0 bridgehead atoms. The maximum atomic E-state index is 13.4. The van der Waals surface area contributed by atoms with Crippen LogP contribution in [0.2, 0.25) is 0 Å². The topological polar surface area (TPSA) is 64.3 Å². The molecule has 2 aromatic rings. The summed E-state index contributed by atoms with van der Waals surface area (Å²) in [5, 5.41) is 20.1. The number of nitrogens with zero attached hydrogens (tertiary/aromatic N) is 2. The number of likely N-dealkylation sites (tertiary alicyclic amines) is 1. The number of carboxylic acid groups (broad SMARTS) is 1. The van der Waals surface area contributed by atoms with Crippen LogP contribution in [0, 0.1) is 16.7 Å². The molecule has 1 fully saturated rings. The zero-order valence-electron chi connectivity index (χ0n) is 17.3. The van der Waals surface area contributed by atoms with Crippen LogP contribution in [0.3, 0.4) is 0 Å². The minimum absolute atomic E-state index is 0.00770. The van der Waals surface area contributed by atoms with Crippen molar-refractivity contribution in [1.82, 2.24) is 4.90 Å². The highest BCUT2D eigenvalue weighted by Gasteiger charge is 2.58. The van der Waals surface area contributed by atoms with Crippen LogP contribution in [0.1, 0.15) is 42.9 Å². The number of benzene rings is 2. The van der Waals surface area contributed by atoms with Gasteiger partial charge in [0.2, 0.25) is 0 Å². The Hall–Kier alpha value is -2.85. The molecule has 2 aromatic carbocycles. The van der Waals surface area contributed by atoms with E-state index >= 15 is 0 Å². The van der Waals surface area contributed by atoms with Crippen LogP contribution in [0.4, 0.5) is 13.2 Å². The van der Waals surface area contributed by atoms with Crippen LogP contribution in [-0.2, 0) is 22.9 Å². The van der Waals surface area contributed by atoms with Gasteiger partial charge in [0.1, 0.15) is 0 Å². The van der Waals surface area contributed by atoms with Gasteiger partial charge in [0, 0.05) is 12.0 Å². The number of piperidine rings is 1. The molecule has 3 rings (SSSR count). The van der Waals surface area contributed by atoms with E-state index in [4.69, 9.17) is 0 Å². The van der Waals surface area contributed by atoms with E-state index in [1.54, 1.807) is 6.92 Å². The molecule has 1 atom stereocenters. The Morgan fingerprint density at radius 1 is 1.13 bits per heavy atom. The number of carboxylic acids is 1. The van der Waals surface area contributed by atoms with Gasteiger partial charge in [-0.15, -0.1) is 0 Å². The summed E-state index contributed by atoms with van der Waals surface area (Å²) in [6.45, 7) is 3.25. The highest BCUT2D eigenvalue weighted by Crippen LogP contribution is 2.52. The first kappa shape index (κ1) is 22.8. The Bertz CT molecular complexity index is 961. The molecule has 1 unspecified atom stereocenters. The van der Waals surface area contributed by atoms with Gasteiger partial charge < -0.3 is 5.11 Å². The summed E-state index contributed by atoms with van der Waals surface area (Å²) in [7, 11) is 0. The minimum Gasteiger partial charge on any atom is -0.480 e. The molecule has 1 aliphatic rings. The Kier molecular flexibility index (Phi) is 6.42. The van der Waals surface area contributed by atoms with Crippen molar-refractivity contribution >= 4 is 5.97 Å². The lowest BCUT2D eigenvalue weighted by molar-refractivity contribution is -0.151. The van der Waals surface area contributed by atoms with Crippen LogP contribution < -0.4 is 0 Å². The lowest BCUT2D eigenvalue weighted by atomic mass is 9.55. The van der Waals surface area contributed by atoms with Crippen LogP contribution in [-0.4, -0.2) is 29.1 Å². The molecule has 7 heteroatoms. The number of aliphatic carboxylic acids is 1. The van der Waals surface area contributed by atoms with Gasteiger partial charge in [0.05, 0.1) is 11.6 Å². The van der Waals surface area contributed by atoms with Crippen LogP contribution in [0.5, 0.6) is 0 Å². The van der Waals surface area contributed by atoms with Gasteiger partial charge in [0.25, 0.3) is 0 Å². The van der Waals surface area contributed by atoms with Gasteiger partial charge in [-0.3, -0.25) is 9.69 Å². The Balaban J connectivity index is 2.02. The summed E-state index contributed by atoms with van der Waals surface area (Å²) >= 11 is 0. The van der Waals surface area contributed by atoms with Crippen molar-refractivity contribution in [3.8, 4) is 6.07 Å². The summed E-state index contributed by atoms with van der Waals surface area (Å²) < 4.78 is 40.2. The molecule has 0 spiro atoms. The van der Waals surface area contributed by atoms with Gasteiger partial charge in [-0.05, 0) is 49.5 Å². The Morgan fingerprint density at radius 3 is 2.29 bits per heavy atom. The van der Waals surface area contributed by atoms with Crippen molar-refractivity contribution in [3.05, 3.63) is 71.3 Å². The second kappa shape index (κ2) is 8.72. The summed E-state index contributed by atoms with van der Waals surface area (Å²) in [5.74, 6) is -1.29. The summed E-state index contributed by atoms with van der Waals surface area (Å²) in [5.41, 5.74) is -2.47. The fraction of sp³-hybridized carbons (Fsp3) is 0.417. The summed E-state index contributed by atoms with van der Waals surface area (Å²) in [6.07, 6.45) is -3.96. The normalized spacial score (nSPS) is 18.7. The van der Waals surface area contributed by atoms with Gasteiger partial charge in [-0.1, -0.05) is 55.5 Å². The number of halogens is 3. The quantitative estimate of drug-likeness (QED) is 0.680. The van der Waals surface area contributed by atoms with Gasteiger partial charge in [-0.25, -0.2) is 0 Å². The number of carbonyl (C=O) groups is 1. The highest BCUT2D eigenvalue weighted by atomic mass is 19.4. The Labute approximate surface area is 179 Å². The van der Waals surface area contributed by atoms with E-state index < -0.39 is 28.5 Å². The van der Waals surface area contributed by atoms with E-state index in [9.17, 15) is 28.3 Å². The molecule has 31 heavy (non-hydrogen) atoms. The van der Waals surface area contributed by atoms with Crippen molar-refractivity contribution in [3.63, 3.8) is 0 Å². The highest BCUT2D eigenvalue weighted by molar-refractivity contribution is 5.81. The number of hydrogen-bond donors (Lipinski definition) is 1. The molecule has 1 aliphatic heterocycles. The molecular formula is C24H25F3N2O2. The maximum Gasteiger partial charge on any atom is 0.416 e. The lowest BCUT2D eigenvalue weighted by Crippen LogP contribution is -2.55. The average Bonchev–Trinajstić information content (AvgIpc) is 2.76. The molecule has 0 saturated carbocycles. The standard InChI is InChI=1S/C24H25F3N2O2/c1-2-22(17-28,21(30)31)23(19-9-6-10-20(15-19)24(25,26)27)11-13-29(14-12-23)16-18-7-4-3-5-8-18/h3-10,15H,2,11-14,16H2,1H3,(H,30,31). The van der Waals surface area contributed by atoms with Crippen LogP contribution in [0.15, 0.2) is 54.6 Å². The molecule has 1 saturated heterocycles. The number of rotatable bonds is 6. The first-order valence-electron chi connectivity index (χ1n) is 10.3. The molecule has 1 heterocycles. The zero-order valence-corrected chi connectivity index (χ0v) is 17.3. The first-order valence-corrected chi connectivity index (χ1v) is 10.3. The van der Waals surface area contributed by atoms with Crippen LogP contribution in [0.25, 0.3) is 0 Å². The second-order valence-corrected chi connectivity index (χ2v) is 8.10. The predicted molar refractivity (Wildman–Crippen MR) is 110 cm³/mol. The smallest absolute Gasteiger partial charge is 0.416 e. The third kappa shape index (κ3) is 4.17. The van der Waals surface area contributed by atoms with Gasteiger partial charge in [0.15, 0.2) is 5.41 Å². The van der Waals surface area contributed by atoms with E-state index in [1.807, 2.05) is 36.4 Å². The molecule has 164 valence electrons. The largest absolute Gasteiger partial charge is 0.480 e. The predicted octanol–water partition coefficient (Wildman–Crippen LogP) is 5.24. The SMILES string of the molecule is CCC(C#N)(C(=O)O)C1(c2cccc(C(F)(F)F)c2)CCN(Cc2ccccc2)CC1. The minimum atomic E-state index is -4.55. The van der Waals surface area contributed by atoms with E-state index in [-0.39, 0.29) is 24.8 Å². The van der Waals surface area contributed by atoms with E-state index in [0.717, 1.165) is 17.7 Å². The third-order valence-corrected chi connectivity index (χ3v) is 6.60. The van der Waals surface area contributed by atoms with Crippen molar-refractivity contribution in [2.75, 3.05) is 13.1 Å². The fourth-order valence-electron chi connectivity index (χ4n) is 4.82. The summed E-state index contributed by atoms with van der Waals surface area (Å²) in [6, 6.07) is 16.6. The van der Waals surface area contributed by atoms with Gasteiger partial charge in [-0.2, -0.15) is 18.4 Å². The van der Waals surface area contributed by atoms with Crippen molar-refractivity contribution in [2.24, 2.45) is 5.41 Å². The fourth-order valence-corrected chi connectivity index (χ4v) is 4.82. The molecule has 4 nitrogen and oxygen atoms in total. The van der Waals surface area contributed by atoms with Crippen molar-refractivity contribution < 1.29 is 23.1 Å². The molecule has 0 aromatic heterocycles. The molecule has 0 aliphatic carbocycles. The van der Waals surface area contributed by atoms with E-state index in [0.29, 0.717) is 19.6 Å². The van der Waals surface area contributed by atoms with E-state index in [1.165, 1.54) is 12.1 Å². The first-order chi connectivity index (χ1) is 14.7. The molecule has 1 N–H and O–H groups in total. The summed E-state index contributed by atoms with van der Waals surface area (Å²) in [4.78, 5) is 14.5. The Morgan fingerprint density at radius 2 is 1.77 bits per heavy atom. The third-order valence-electron chi connectivity index (χ3n) is 6.60. The number of alkyl halides is 3. The maximum absolute atomic E-state index is 13.4. The zero-order chi connectivity index (χ0) is 22.7. The number of nitriles is 1. The monoisotopic (exact) mass is 430 g/mol.